The van der Waals surface area contributed by atoms with E-state index in [-0.39, 0.29) is 11.8 Å². The van der Waals surface area contributed by atoms with Crippen molar-refractivity contribution in [1.82, 2.24) is 0 Å². The smallest absolute Gasteiger partial charge is 0.207 e. The van der Waals surface area contributed by atoms with Crippen LogP contribution >= 0.6 is 0 Å². The fourth-order valence-electron chi connectivity index (χ4n) is 2.27. The molecule has 0 heterocycles. The standard InChI is InChI=1S/C19H21NO3/c1-14(12-15-8-10-16(22-2)11-9-15)20-13-18(21)17-6-4-5-7-19(17)23-3/h4-11,13-14H,12H2,1-3H3. The molecule has 1 unspecified atom stereocenters. The fourth-order valence-corrected chi connectivity index (χ4v) is 2.27. The maximum atomic E-state index is 12.2. The van der Waals surface area contributed by atoms with E-state index in [1.807, 2.05) is 43.3 Å². The van der Waals surface area contributed by atoms with Crippen LogP contribution in [-0.2, 0) is 6.42 Å². The number of nitrogens with zero attached hydrogens (tertiary/aromatic N) is 1. The van der Waals surface area contributed by atoms with Crippen LogP contribution in [-0.4, -0.2) is 32.3 Å². The molecule has 4 nitrogen and oxygen atoms in total. The summed E-state index contributed by atoms with van der Waals surface area (Å²) in [7, 11) is 3.20. The normalized spacial score (nSPS) is 12.1. The highest BCUT2D eigenvalue weighted by Crippen LogP contribution is 2.17. The van der Waals surface area contributed by atoms with Crippen molar-refractivity contribution in [1.29, 1.82) is 0 Å². The van der Waals surface area contributed by atoms with E-state index in [9.17, 15) is 4.79 Å². The average Bonchev–Trinajstić information content (AvgIpc) is 2.60. The molecular weight excluding hydrogens is 290 g/mol. The van der Waals surface area contributed by atoms with Crippen LogP contribution in [0.2, 0.25) is 0 Å². The minimum atomic E-state index is -0.149. The lowest BCUT2D eigenvalue weighted by atomic mass is 10.1. The van der Waals surface area contributed by atoms with E-state index in [0.29, 0.717) is 11.3 Å². The number of carbonyl (C=O) groups excluding carboxylic acids is 1. The van der Waals surface area contributed by atoms with Gasteiger partial charge in [0.2, 0.25) is 5.78 Å². The fraction of sp³-hybridized carbons (Fsp3) is 0.263. The Morgan fingerprint density at radius 2 is 1.78 bits per heavy atom. The zero-order chi connectivity index (χ0) is 16.7. The predicted molar refractivity (Wildman–Crippen MR) is 92.0 cm³/mol. The molecule has 1 atom stereocenters. The molecule has 4 heteroatoms. The molecule has 0 saturated heterocycles. The van der Waals surface area contributed by atoms with Crippen molar-refractivity contribution in [2.45, 2.75) is 19.4 Å². The van der Waals surface area contributed by atoms with Crippen LogP contribution in [0.25, 0.3) is 0 Å². The Bertz CT molecular complexity index is 677. The van der Waals surface area contributed by atoms with E-state index in [0.717, 1.165) is 17.7 Å². The van der Waals surface area contributed by atoms with Gasteiger partial charge in [0.15, 0.2) is 0 Å². The maximum absolute atomic E-state index is 12.2. The van der Waals surface area contributed by atoms with Gasteiger partial charge in [0.25, 0.3) is 0 Å². The molecule has 0 radical (unpaired) electrons. The third kappa shape index (κ3) is 4.68. The molecule has 0 spiro atoms. The number of carbonyl (C=O) groups is 1. The predicted octanol–water partition coefficient (Wildman–Crippen LogP) is 3.59. The van der Waals surface area contributed by atoms with E-state index in [1.54, 1.807) is 26.4 Å². The Balaban J connectivity index is 1.99. The van der Waals surface area contributed by atoms with Crippen LogP contribution in [0.15, 0.2) is 53.5 Å². The van der Waals surface area contributed by atoms with Crippen LogP contribution in [0, 0.1) is 0 Å². The number of methoxy groups -OCH3 is 2. The van der Waals surface area contributed by atoms with Gasteiger partial charge in [-0.3, -0.25) is 9.79 Å². The molecule has 0 amide bonds. The summed E-state index contributed by atoms with van der Waals surface area (Å²) in [5, 5.41) is 0. The van der Waals surface area contributed by atoms with Gasteiger partial charge in [0.1, 0.15) is 11.5 Å². The van der Waals surface area contributed by atoms with Gasteiger partial charge in [-0.25, -0.2) is 0 Å². The first-order valence-corrected chi connectivity index (χ1v) is 7.47. The van der Waals surface area contributed by atoms with E-state index >= 15 is 0 Å². The number of Topliss-reactive ketones (excluding diaryl/α,β-unsaturated/α-hetero) is 1. The molecule has 0 aliphatic carbocycles. The highest BCUT2D eigenvalue weighted by molar-refractivity contribution is 6.36. The van der Waals surface area contributed by atoms with Crippen molar-refractivity contribution >= 4 is 12.0 Å². The molecule has 0 N–H and O–H groups in total. The van der Waals surface area contributed by atoms with Gasteiger partial charge in [-0.15, -0.1) is 0 Å². The molecule has 0 aliphatic rings. The first kappa shape index (κ1) is 16.7. The molecule has 0 bridgehead atoms. The zero-order valence-corrected chi connectivity index (χ0v) is 13.7. The van der Waals surface area contributed by atoms with Gasteiger partial charge in [-0.2, -0.15) is 0 Å². The van der Waals surface area contributed by atoms with E-state index in [1.165, 1.54) is 6.21 Å². The number of hydrogen-bond acceptors (Lipinski definition) is 4. The topological polar surface area (TPSA) is 47.9 Å². The Labute approximate surface area is 136 Å². The summed E-state index contributed by atoms with van der Waals surface area (Å²) < 4.78 is 10.3. The summed E-state index contributed by atoms with van der Waals surface area (Å²) >= 11 is 0. The molecular formula is C19H21NO3. The molecule has 23 heavy (non-hydrogen) atoms. The molecule has 2 aromatic carbocycles. The molecule has 2 aromatic rings. The second-order valence-corrected chi connectivity index (χ2v) is 5.24. The van der Waals surface area contributed by atoms with Crippen LogP contribution in [0.1, 0.15) is 22.8 Å². The van der Waals surface area contributed by atoms with Gasteiger partial charge in [-0.1, -0.05) is 24.3 Å². The van der Waals surface area contributed by atoms with E-state index in [4.69, 9.17) is 9.47 Å². The number of hydrogen-bond donors (Lipinski definition) is 0. The largest absolute Gasteiger partial charge is 0.497 e. The second-order valence-electron chi connectivity index (χ2n) is 5.24. The highest BCUT2D eigenvalue weighted by atomic mass is 16.5. The lowest BCUT2D eigenvalue weighted by Crippen LogP contribution is -2.08. The lowest BCUT2D eigenvalue weighted by molar-refractivity contribution is 0.106. The van der Waals surface area contributed by atoms with Crippen molar-refractivity contribution in [3.63, 3.8) is 0 Å². The monoisotopic (exact) mass is 311 g/mol. The van der Waals surface area contributed by atoms with Gasteiger partial charge >= 0.3 is 0 Å². The van der Waals surface area contributed by atoms with Gasteiger partial charge in [0, 0.05) is 0 Å². The van der Waals surface area contributed by atoms with Crippen molar-refractivity contribution in [3.8, 4) is 11.5 Å². The van der Waals surface area contributed by atoms with Gasteiger partial charge in [0.05, 0.1) is 32.0 Å². The first-order valence-electron chi connectivity index (χ1n) is 7.47. The van der Waals surface area contributed by atoms with E-state index < -0.39 is 0 Å². The Hall–Kier alpha value is -2.62. The number of ketones is 1. The summed E-state index contributed by atoms with van der Waals surface area (Å²) in [5.74, 6) is 1.24. The third-order valence-electron chi connectivity index (χ3n) is 3.51. The molecule has 0 aliphatic heterocycles. The Morgan fingerprint density at radius 3 is 2.43 bits per heavy atom. The molecule has 0 saturated carbocycles. The third-order valence-corrected chi connectivity index (χ3v) is 3.51. The Kier molecular flexibility index (Phi) is 5.92. The van der Waals surface area contributed by atoms with E-state index in [2.05, 4.69) is 4.99 Å². The first-order chi connectivity index (χ1) is 11.1. The minimum Gasteiger partial charge on any atom is -0.497 e. The molecule has 0 aromatic heterocycles. The summed E-state index contributed by atoms with van der Waals surface area (Å²) in [6, 6.07) is 15.0. The van der Waals surface area contributed by atoms with Crippen LogP contribution in [0.5, 0.6) is 11.5 Å². The average molecular weight is 311 g/mol. The number of benzene rings is 2. The molecule has 120 valence electrons. The highest BCUT2D eigenvalue weighted by Gasteiger charge is 2.09. The number of rotatable bonds is 7. The van der Waals surface area contributed by atoms with Crippen molar-refractivity contribution < 1.29 is 14.3 Å². The minimum absolute atomic E-state index is 0.0158. The molecule has 0 fully saturated rings. The quantitative estimate of drug-likeness (QED) is 0.580. The van der Waals surface area contributed by atoms with Crippen molar-refractivity contribution in [2.75, 3.05) is 14.2 Å². The summed E-state index contributed by atoms with van der Waals surface area (Å²) in [6.07, 6.45) is 2.14. The number of aliphatic imine (C=N–C) groups is 1. The summed E-state index contributed by atoms with van der Waals surface area (Å²) in [5.41, 5.74) is 1.68. The number of ether oxygens (including phenoxy) is 2. The lowest BCUT2D eigenvalue weighted by Gasteiger charge is -2.08. The molecule has 2 rings (SSSR count). The summed E-state index contributed by atoms with van der Waals surface area (Å²) in [6.45, 7) is 1.98. The zero-order valence-electron chi connectivity index (χ0n) is 13.7. The number of para-hydroxylation sites is 1. The van der Waals surface area contributed by atoms with Gasteiger partial charge < -0.3 is 9.47 Å². The van der Waals surface area contributed by atoms with Crippen molar-refractivity contribution in [2.24, 2.45) is 4.99 Å². The van der Waals surface area contributed by atoms with Crippen LogP contribution < -0.4 is 9.47 Å². The summed E-state index contributed by atoms with van der Waals surface area (Å²) in [4.78, 5) is 16.6. The SMILES string of the molecule is COc1ccc(CC(C)N=CC(=O)c2ccccc2OC)cc1. The van der Waals surface area contributed by atoms with Gasteiger partial charge in [-0.05, 0) is 43.2 Å². The maximum Gasteiger partial charge on any atom is 0.207 e. The van der Waals surface area contributed by atoms with Crippen molar-refractivity contribution in [3.05, 3.63) is 59.7 Å². The second kappa shape index (κ2) is 8.13. The Morgan fingerprint density at radius 1 is 1.09 bits per heavy atom. The van der Waals surface area contributed by atoms with Crippen LogP contribution in [0.3, 0.4) is 0 Å². The van der Waals surface area contributed by atoms with Crippen LogP contribution in [0.4, 0.5) is 0 Å².